The van der Waals surface area contributed by atoms with Gasteiger partial charge in [-0.3, -0.25) is 0 Å². The highest BCUT2D eigenvalue weighted by molar-refractivity contribution is 7.15. The first-order valence-corrected chi connectivity index (χ1v) is 11.7. The summed E-state index contributed by atoms with van der Waals surface area (Å²) in [6, 6.07) is 39.0. The summed E-state index contributed by atoms with van der Waals surface area (Å²) in [6.45, 7) is 4.27. The molecule has 0 unspecified atom stereocenters. The van der Waals surface area contributed by atoms with E-state index in [1.807, 2.05) is 0 Å². The molecule has 1 nitrogen and oxygen atoms in total. The van der Waals surface area contributed by atoms with Crippen LogP contribution < -0.4 is 4.90 Å². The van der Waals surface area contributed by atoms with Gasteiger partial charge in [0.25, 0.3) is 0 Å². The summed E-state index contributed by atoms with van der Waals surface area (Å²) < 4.78 is 0. The lowest BCUT2D eigenvalue weighted by atomic mass is 9.97. The molecule has 0 atom stereocenters. The predicted molar refractivity (Wildman–Crippen MR) is 139 cm³/mol. The molecule has 0 spiro atoms. The van der Waals surface area contributed by atoms with Crippen molar-refractivity contribution in [2.45, 2.75) is 13.8 Å². The Morgan fingerprint density at radius 1 is 0.531 bits per heavy atom. The molecule has 0 saturated heterocycles. The van der Waals surface area contributed by atoms with E-state index < -0.39 is 0 Å². The minimum Gasteiger partial charge on any atom is -0.301 e. The fourth-order valence-electron chi connectivity index (χ4n) is 4.00. The molecule has 0 aliphatic heterocycles. The van der Waals surface area contributed by atoms with Gasteiger partial charge >= 0.3 is 0 Å². The van der Waals surface area contributed by atoms with E-state index in [9.17, 15) is 0 Å². The van der Waals surface area contributed by atoms with E-state index in [2.05, 4.69) is 133 Å². The molecular weight excluding hydrogens is 406 g/mol. The molecule has 0 aliphatic carbocycles. The van der Waals surface area contributed by atoms with E-state index in [1.54, 1.807) is 11.3 Å². The van der Waals surface area contributed by atoms with Gasteiger partial charge in [0.1, 0.15) is 5.00 Å². The molecule has 0 N–H and O–H groups in total. The number of nitrogens with zero attached hydrogens (tertiary/aromatic N) is 1. The van der Waals surface area contributed by atoms with E-state index in [4.69, 9.17) is 0 Å². The second kappa shape index (κ2) is 8.86. The van der Waals surface area contributed by atoms with Gasteiger partial charge in [0.05, 0.1) is 0 Å². The molecule has 2 heteroatoms. The number of anilines is 3. The molecule has 1 aromatic heterocycles. The van der Waals surface area contributed by atoms with Crippen LogP contribution in [-0.4, -0.2) is 0 Å². The summed E-state index contributed by atoms with van der Waals surface area (Å²) >= 11 is 1.80. The lowest BCUT2D eigenvalue weighted by Gasteiger charge is -2.26. The molecule has 4 aromatic carbocycles. The third-order valence-corrected chi connectivity index (χ3v) is 6.67. The maximum atomic E-state index is 2.39. The van der Waals surface area contributed by atoms with Gasteiger partial charge in [-0.25, -0.2) is 0 Å². The summed E-state index contributed by atoms with van der Waals surface area (Å²) in [5, 5.41) is 3.52. The summed E-state index contributed by atoms with van der Waals surface area (Å²) in [4.78, 5) is 2.39. The maximum Gasteiger partial charge on any atom is 0.109 e. The van der Waals surface area contributed by atoms with Crippen molar-refractivity contribution in [1.82, 2.24) is 0 Å². The van der Waals surface area contributed by atoms with Crippen LogP contribution in [0.1, 0.15) is 11.1 Å². The van der Waals surface area contributed by atoms with E-state index in [1.165, 1.54) is 38.4 Å². The zero-order chi connectivity index (χ0) is 21.9. The second-order valence-electron chi connectivity index (χ2n) is 8.07. The highest BCUT2D eigenvalue weighted by Crippen LogP contribution is 2.49. The average Bonchev–Trinajstić information content (AvgIpc) is 3.27. The van der Waals surface area contributed by atoms with Crippen LogP contribution in [0.3, 0.4) is 0 Å². The summed E-state index contributed by atoms with van der Waals surface area (Å²) in [6.07, 6.45) is 0. The van der Waals surface area contributed by atoms with E-state index in [0.29, 0.717) is 0 Å². The zero-order valence-electron chi connectivity index (χ0n) is 18.3. The summed E-state index contributed by atoms with van der Waals surface area (Å²) in [5.41, 5.74) is 9.85. The molecule has 0 bridgehead atoms. The van der Waals surface area contributed by atoms with Crippen molar-refractivity contribution in [2.24, 2.45) is 0 Å². The minimum atomic E-state index is 1.16. The molecule has 5 aromatic rings. The largest absolute Gasteiger partial charge is 0.301 e. The van der Waals surface area contributed by atoms with Crippen molar-refractivity contribution >= 4 is 27.7 Å². The Hall–Kier alpha value is -3.62. The van der Waals surface area contributed by atoms with Crippen molar-refractivity contribution in [3.8, 4) is 22.3 Å². The second-order valence-corrected chi connectivity index (χ2v) is 8.93. The number of hydrogen-bond donors (Lipinski definition) is 0. The Morgan fingerprint density at radius 3 is 1.50 bits per heavy atom. The van der Waals surface area contributed by atoms with Crippen molar-refractivity contribution in [3.05, 3.63) is 126 Å². The normalized spacial score (nSPS) is 10.8. The molecular formula is C30H25NS. The third-order valence-electron chi connectivity index (χ3n) is 5.71. The van der Waals surface area contributed by atoms with Gasteiger partial charge in [0, 0.05) is 27.9 Å². The van der Waals surface area contributed by atoms with Gasteiger partial charge in [0.15, 0.2) is 0 Å². The fourth-order valence-corrected chi connectivity index (χ4v) is 5.14. The maximum absolute atomic E-state index is 2.39. The van der Waals surface area contributed by atoms with Crippen LogP contribution in [0, 0.1) is 13.8 Å². The van der Waals surface area contributed by atoms with Crippen LogP contribution in [0.5, 0.6) is 0 Å². The van der Waals surface area contributed by atoms with Gasteiger partial charge in [-0.15, -0.1) is 11.3 Å². The van der Waals surface area contributed by atoms with Crippen LogP contribution >= 0.6 is 11.3 Å². The first-order valence-electron chi connectivity index (χ1n) is 10.9. The Morgan fingerprint density at radius 2 is 1.00 bits per heavy atom. The molecule has 0 radical (unpaired) electrons. The highest BCUT2D eigenvalue weighted by Gasteiger charge is 2.22. The lowest BCUT2D eigenvalue weighted by molar-refractivity contribution is 1.29. The first kappa shape index (κ1) is 20.3. The fraction of sp³-hybridized carbons (Fsp3) is 0.0667. The molecule has 0 amide bonds. The molecule has 156 valence electrons. The van der Waals surface area contributed by atoms with Crippen LogP contribution in [0.15, 0.2) is 115 Å². The summed E-state index contributed by atoms with van der Waals surface area (Å²) in [5.74, 6) is 0. The standard InChI is InChI=1S/C30H25NS/c1-22-13-17-26(18-14-22)31(27-19-15-23(2)16-20-27)30-29(25-11-7-4-8-12-25)28(21-32-30)24-9-5-3-6-10-24/h3-21H,1-2H3. The number of rotatable bonds is 5. The lowest BCUT2D eigenvalue weighted by Crippen LogP contribution is -2.09. The van der Waals surface area contributed by atoms with E-state index in [0.717, 1.165) is 11.4 Å². The number of aryl methyl sites for hydroxylation is 2. The van der Waals surface area contributed by atoms with Crippen LogP contribution in [0.4, 0.5) is 16.4 Å². The first-order chi connectivity index (χ1) is 15.7. The molecule has 0 fully saturated rings. The molecule has 32 heavy (non-hydrogen) atoms. The summed E-state index contributed by atoms with van der Waals surface area (Å²) in [7, 11) is 0. The quantitative estimate of drug-likeness (QED) is 0.268. The smallest absolute Gasteiger partial charge is 0.109 e. The van der Waals surface area contributed by atoms with Crippen LogP contribution in [0.25, 0.3) is 22.3 Å². The Bertz CT molecular complexity index is 1260. The molecule has 0 aliphatic rings. The molecule has 5 rings (SSSR count). The Kier molecular flexibility index (Phi) is 5.62. The van der Waals surface area contributed by atoms with E-state index in [-0.39, 0.29) is 0 Å². The van der Waals surface area contributed by atoms with Crippen molar-refractivity contribution in [1.29, 1.82) is 0 Å². The van der Waals surface area contributed by atoms with Gasteiger partial charge in [0.2, 0.25) is 0 Å². The molecule has 0 saturated carbocycles. The van der Waals surface area contributed by atoms with E-state index >= 15 is 0 Å². The van der Waals surface area contributed by atoms with Crippen molar-refractivity contribution in [3.63, 3.8) is 0 Å². The number of hydrogen-bond acceptors (Lipinski definition) is 2. The predicted octanol–water partition coefficient (Wildman–Crippen LogP) is 9.17. The van der Waals surface area contributed by atoms with Crippen molar-refractivity contribution < 1.29 is 0 Å². The topological polar surface area (TPSA) is 3.24 Å². The van der Waals surface area contributed by atoms with Crippen LogP contribution in [-0.2, 0) is 0 Å². The number of benzene rings is 4. The zero-order valence-corrected chi connectivity index (χ0v) is 19.1. The Balaban J connectivity index is 1.77. The van der Waals surface area contributed by atoms with Gasteiger partial charge in [-0.1, -0.05) is 96.1 Å². The SMILES string of the molecule is Cc1ccc(N(c2ccc(C)cc2)c2scc(-c3ccccc3)c2-c2ccccc2)cc1. The van der Waals surface area contributed by atoms with Crippen LogP contribution in [0.2, 0.25) is 0 Å². The average molecular weight is 432 g/mol. The van der Waals surface area contributed by atoms with Gasteiger partial charge in [-0.05, 0) is 49.2 Å². The third kappa shape index (κ3) is 3.98. The number of thiophene rings is 1. The minimum absolute atomic E-state index is 1.16. The van der Waals surface area contributed by atoms with Crippen molar-refractivity contribution in [2.75, 3.05) is 4.90 Å². The highest BCUT2D eigenvalue weighted by atomic mass is 32.1. The van der Waals surface area contributed by atoms with Gasteiger partial charge < -0.3 is 4.90 Å². The van der Waals surface area contributed by atoms with Gasteiger partial charge in [-0.2, -0.15) is 0 Å². The Labute approximate surface area is 194 Å². The monoisotopic (exact) mass is 431 g/mol. The molecule has 1 heterocycles.